The Bertz CT molecular complexity index is 970. The van der Waals surface area contributed by atoms with Gasteiger partial charge >= 0.3 is 0 Å². The van der Waals surface area contributed by atoms with E-state index in [4.69, 9.17) is 0 Å². The molecule has 6 nitrogen and oxygen atoms in total. The molecule has 0 atom stereocenters. The molecule has 0 unspecified atom stereocenters. The second-order valence-corrected chi connectivity index (χ2v) is 8.20. The van der Waals surface area contributed by atoms with E-state index < -0.39 is 0 Å². The number of aryl methyl sites for hydroxylation is 1. The molecule has 0 aliphatic carbocycles. The number of benzene rings is 2. The first-order valence-electron chi connectivity index (χ1n) is 8.77. The van der Waals surface area contributed by atoms with Gasteiger partial charge in [0.2, 0.25) is 11.0 Å². The van der Waals surface area contributed by atoms with Gasteiger partial charge < -0.3 is 10.6 Å². The fraction of sp³-hybridized carbons (Fsp3) is 0.200. The fourth-order valence-electron chi connectivity index (χ4n) is 2.35. The van der Waals surface area contributed by atoms with Crippen LogP contribution in [0, 0.1) is 6.92 Å². The number of aromatic nitrogens is 2. The number of nitrogens with one attached hydrogen (secondary N) is 2. The number of hydrogen-bond donors (Lipinski definition) is 2. The number of carbonyl (C=O) groups excluding carboxylic acids is 2. The van der Waals surface area contributed by atoms with Crippen LogP contribution in [0.5, 0.6) is 0 Å². The third kappa shape index (κ3) is 5.40. The van der Waals surface area contributed by atoms with Gasteiger partial charge in [0.15, 0.2) is 10.1 Å². The van der Waals surface area contributed by atoms with Gasteiger partial charge in [-0.1, -0.05) is 48.2 Å². The van der Waals surface area contributed by atoms with Crippen molar-refractivity contribution in [2.45, 2.75) is 24.6 Å². The molecule has 2 N–H and O–H groups in total. The van der Waals surface area contributed by atoms with E-state index in [0.717, 1.165) is 15.6 Å². The zero-order valence-electron chi connectivity index (χ0n) is 15.6. The lowest BCUT2D eigenvalue weighted by Gasteiger charge is -2.05. The summed E-state index contributed by atoms with van der Waals surface area (Å²) in [6.07, 6.45) is 0.417. The summed E-state index contributed by atoms with van der Waals surface area (Å²) in [5.41, 5.74) is 3.40. The first-order chi connectivity index (χ1) is 13.5. The third-order valence-corrected chi connectivity index (χ3v) is 5.90. The van der Waals surface area contributed by atoms with E-state index in [9.17, 15) is 9.59 Å². The van der Waals surface area contributed by atoms with Gasteiger partial charge in [0.25, 0.3) is 0 Å². The largest absolute Gasteiger partial charge is 0.330 e. The highest BCUT2D eigenvalue weighted by Gasteiger charge is 2.11. The molecule has 1 amide bonds. The van der Waals surface area contributed by atoms with Gasteiger partial charge in [-0.2, -0.15) is 0 Å². The first kappa shape index (κ1) is 20.0. The molecule has 0 bridgehead atoms. The van der Waals surface area contributed by atoms with E-state index in [0.29, 0.717) is 22.8 Å². The Kier molecular flexibility index (Phi) is 6.78. The maximum absolute atomic E-state index is 12.4. The summed E-state index contributed by atoms with van der Waals surface area (Å²) < 4.78 is 0.733. The summed E-state index contributed by atoms with van der Waals surface area (Å²) in [5.74, 6) is 0.225. The third-order valence-electron chi connectivity index (χ3n) is 3.93. The van der Waals surface area contributed by atoms with Crippen molar-refractivity contribution < 1.29 is 9.59 Å². The monoisotopic (exact) mass is 412 g/mol. The highest BCUT2D eigenvalue weighted by Crippen LogP contribution is 2.29. The molecule has 144 valence electrons. The number of anilines is 3. The van der Waals surface area contributed by atoms with Crippen molar-refractivity contribution in [2.75, 3.05) is 16.4 Å². The van der Waals surface area contributed by atoms with Gasteiger partial charge in [0, 0.05) is 23.4 Å². The van der Waals surface area contributed by atoms with Crippen molar-refractivity contribution in [1.29, 1.82) is 0 Å². The Morgan fingerprint density at radius 3 is 2.54 bits per heavy atom. The van der Waals surface area contributed by atoms with Crippen molar-refractivity contribution in [3.05, 3.63) is 59.7 Å². The molecule has 0 radical (unpaired) electrons. The Labute approximate surface area is 171 Å². The van der Waals surface area contributed by atoms with E-state index in [2.05, 4.69) is 20.8 Å². The molecule has 0 spiro atoms. The highest BCUT2D eigenvalue weighted by atomic mass is 32.2. The standard InChI is InChI=1S/C20H20N4O2S2/c1-3-18(26)21-15-10-8-14(9-11-15)17(25)12-27-20-24-23-19(28-20)22-16-7-5-4-6-13(16)2/h4-11H,3,12H2,1-2H3,(H,21,26)(H,22,23). The van der Waals surface area contributed by atoms with E-state index in [1.54, 1.807) is 31.2 Å². The Morgan fingerprint density at radius 1 is 1.07 bits per heavy atom. The number of amides is 1. The Morgan fingerprint density at radius 2 is 1.82 bits per heavy atom. The number of nitrogens with zero attached hydrogens (tertiary/aromatic N) is 2. The van der Waals surface area contributed by atoms with Gasteiger partial charge in [-0.05, 0) is 42.8 Å². The number of Topliss-reactive ketones (excluding diaryl/α,β-unsaturated/α-hetero) is 1. The van der Waals surface area contributed by atoms with Crippen molar-refractivity contribution >= 4 is 51.3 Å². The smallest absolute Gasteiger partial charge is 0.224 e. The number of para-hydroxylation sites is 1. The van der Waals surface area contributed by atoms with Crippen LogP contribution in [-0.2, 0) is 4.79 Å². The molecule has 0 aliphatic rings. The van der Waals surface area contributed by atoms with Crippen LogP contribution in [0.4, 0.5) is 16.5 Å². The second-order valence-electron chi connectivity index (χ2n) is 6.00. The average molecular weight is 413 g/mol. The van der Waals surface area contributed by atoms with Crippen LogP contribution in [0.25, 0.3) is 0 Å². The van der Waals surface area contributed by atoms with Crippen LogP contribution in [0.3, 0.4) is 0 Å². The zero-order chi connectivity index (χ0) is 19.9. The topological polar surface area (TPSA) is 84.0 Å². The Balaban J connectivity index is 1.54. The maximum atomic E-state index is 12.4. The average Bonchev–Trinajstić information content (AvgIpc) is 3.16. The molecule has 8 heteroatoms. The fourth-order valence-corrected chi connectivity index (χ4v) is 4.01. The van der Waals surface area contributed by atoms with Crippen molar-refractivity contribution in [1.82, 2.24) is 10.2 Å². The first-order valence-corrected chi connectivity index (χ1v) is 10.6. The molecule has 0 aliphatic heterocycles. The number of carbonyl (C=O) groups is 2. The van der Waals surface area contributed by atoms with Crippen LogP contribution < -0.4 is 10.6 Å². The van der Waals surface area contributed by atoms with E-state index in [1.807, 2.05) is 31.2 Å². The van der Waals surface area contributed by atoms with Crippen molar-refractivity contribution in [3.63, 3.8) is 0 Å². The van der Waals surface area contributed by atoms with Gasteiger partial charge in [-0.3, -0.25) is 9.59 Å². The number of ketones is 1. The molecule has 0 fully saturated rings. The Hall–Kier alpha value is -2.71. The van der Waals surface area contributed by atoms with Crippen LogP contribution >= 0.6 is 23.1 Å². The second kappa shape index (κ2) is 9.48. The van der Waals surface area contributed by atoms with Gasteiger partial charge in [-0.15, -0.1) is 10.2 Å². The van der Waals surface area contributed by atoms with Crippen molar-refractivity contribution in [2.24, 2.45) is 0 Å². The number of rotatable bonds is 8. The number of hydrogen-bond acceptors (Lipinski definition) is 7. The lowest BCUT2D eigenvalue weighted by molar-refractivity contribution is -0.115. The maximum Gasteiger partial charge on any atom is 0.224 e. The summed E-state index contributed by atoms with van der Waals surface area (Å²) in [6, 6.07) is 14.9. The highest BCUT2D eigenvalue weighted by molar-refractivity contribution is 8.01. The van der Waals surface area contributed by atoms with E-state index in [1.165, 1.54) is 23.1 Å². The molecule has 1 aromatic heterocycles. The normalized spacial score (nSPS) is 10.5. The summed E-state index contributed by atoms with van der Waals surface area (Å²) >= 11 is 2.78. The van der Waals surface area contributed by atoms with Gasteiger partial charge in [0.05, 0.1) is 5.75 Å². The SMILES string of the molecule is CCC(=O)Nc1ccc(C(=O)CSc2nnc(Nc3ccccc3C)s2)cc1. The minimum Gasteiger partial charge on any atom is -0.330 e. The summed E-state index contributed by atoms with van der Waals surface area (Å²) in [4.78, 5) is 23.8. The molecule has 0 saturated heterocycles. The van der Waals surface area contributed by atoms with E-state index in [-0.39, 0.29) is 17.4 Å². The van der Waals surface area contributed by atoms with Crippen LogP contribution in [0.2, 0.25) is 0 Å². The minimum atomic E-state index is -0.0546. The molecule has 3 aromatic rings. The van der Waals surface area contributed by atoms with E-state index >= 15 is 0 Å². The molecular weight excluding hydrogens is 392 g/mol. The predicted molar refractivity (Wildman–Crippen MR) is 115 cm³/mol. The number of thioether (sulfide) groups is 1. The summed E-state index contributed by atoms with van der Waals surface area (Å²) in [7, 11) is 0. The zero-order valence-corrected chi connectivity index (χ0v) is 17.2. The minimum absolute atomic E-state index is 0.00183. The molecule has 28 heavy (non-hydrogen) atoms. The quantitative estimate of drug-likeness (QED) is 0.404. The van der Waals surface area contributed by atoms with Gasteiger partial charge in [0.1, 0.15) is 0 Å². The molecule has 3 rings (SSSR count). The van der Waals surface area contributed by atoms with Crippen LogP contribution in [-0.4, -0.2) is 27.6 Å². The molecular formula is C20H20N4O2S2. The molecule has 0 saturated carbocycles. The lowest BCUT2D eigenvalue weighted by atomic mass is 10.1. The van der Waals surface area contributed by atoms with Gasteiger partial charge in [-0.25, -0.2) is 0 Å². The lowest BCUT2D eigenvalue weighted by Crippen LogP contribution is -2.09. The molecule has 2 aromatic carbocycles. The van der Waals surface area contributed by atoms with Crippen LogP contribution in [0.1, 0.15) is 29.3 Å². The summed E-state index contributed by atoms with van der Waals surface area (Å²) in [5, 5.41) is 15.0. The van der Waals surface area contributed by atoms with Crippen LogP contribution in [0.15, 0.2) is 52.9 Å². The molecule has 1 heterocycles. The van der Waals surface area contributed by atoms with Crippen molar-refractivity contribution in [3.8, 4) is 0 Å². The predicted octanol–water partition coefficient (Wildman–Crippen LogP) is 4.91. The summed E-state index contributed by atoms with van der Waals surface area (Å²) in [6.45, 7) is 3.82.